The van der Waals surface area contributed by atoms with Crippen LogP contribution in [0.4, 0.5) is 4.39 Å². The first-order valence-electron chi connectivity index (χ1n) is 14.9. The first-order chi connectivity index (χ1) is 20.2. The number of ether oxygens (including phenoxy) is 2. The quantitative estimate of drug-likeness (QED) is 0.169. The molecule has 3 nitrogen and oxygen atoms in total. The Morgan fingerprint density at radius 1 is 0.738 bits per heavy atom. The van der Waals surface area contributed by atoms with Crippen LogP contribution in [0.3, 0.4) is 0 Å². The third-order valence-electron chi connectivity index (χ3n) is 8.36. The van der Waals surface area contributed by atoms with Crippen molar-refractivity contribution in [3.8, 4) is 17.2 Å². The van der Waals surface area contributed by atoms with Gasteiger partial charge in [-0.1, -0.05) is 96.1 Å². The van der Waals surface area contributed by atoms with Gasteiger partial charge in [0.15, 0.2) is 0 Å². The van der Waals surface area contributed by atoms with E-state index in [0.717, 1.165) is 38.8 Å². The van der Waals surface area contributed by atoms with E-state index in [2.05, 4.69) is 77.9 Å². The molecule has 0 saturated heterocycles. The molecule has 0 amide bonds. The van der Waals surface area contributed by atoms with Gasteiger partial charge in [0.05, 0.1) is 10.1 Å². The fourth-order valence-corrected chi connectivity index (χ4v) is 12.9. The summed E-state index contributed by atoms with van der Waals surface area (Å²) in [6, 6.07) is 31.3. The van der Waals surface area contributed by atoms with Crippen LogP contribution in [0.15, 0.2) is 102 Å². The van der Waals surface area contributed by atoms with E-state index in [-0.39, 0.29) is 17.2 Å². The van der Waals surface area contributed by atoms with Crippen LogP contribution in [0.5, 0.6) is 17.2 Å². The van der Waals surface area contributed by atoms with Gasteiger partial charge in [-0.15, -0.1) is 11.8 Å². The molecule has 2 atom stereocenters. The number of halogens is 1. The Morgan fingerprint density at radius 3 is 1.95 bits per heavy atom. The minimum absolute atomic E-state index is 0.0651. The van der Waals surface area contributed by atoms with Crippen molar-refractivity contribution in [2.24, 2.45) is 0 Å². The molecule has 4 aromatic rings. The van der Waals surface area contributed by atoms with E-state index < -0.39 is 8.32 Å². The second kappa shape index (κ2) is 13.0. The maximum atomic E-state index is 13.9. The van der Waals surface area contributed by atoms with Gasteiger partial charge < -0.3 is 13.9 Å². The van der Waals surface area contributed by atoms with Crippen molar-refractivity contribution in [1.29, 1.82) is 0 Å². The molecule has 0 radical (unpaired) electrons. The molecule has 6 heteroatoms. The molecule has 1 aliphatic heterocycles. The predicted molar refractivity (Wildman–Crippen MR) is 174 cm³/mol. The van der Waals surface area contributed by atoms with Crippen LogP contribution in [0.25, 0.3) is 0 Å². The minimum Gasteiger partial charge on any atom is -0.543 e. The molecule has 0 unspecified atom stereocenters. The highest BCUT2D eigenvalue weighted by Gasteiger charge is 2.47. The van der Waals surface area contributed by atoms with Crippen molar-refractivity contribution < 1.29 is 18.3 Å². The SMILES string of the molecule is CC(C)[Si](Oc1ccc([C@H]2Oc3ccc(OCc4ccccc4)cc3S[C@H]2c2ccc(F)cc2)cc1)(C(C)C)C(C)C. The van der Waals surface area contributed by atoms with E-state index in [1.807, 2.05) is 48.5 Å². The van der Waals surface area contributed by atoms with Gasteiger partial charge >= 0.3 is 0 Å². The van der Waals surface area contributed by atoms with E-state index in [4.69, 9.17) is 13.9 Å². The first-order valence-corrected chi connectivity index (χ1v) is 17.9. The number of rotatable bonds is 10. The number of hydrogen-bond acceptors (Lipinski definition) is 4. The normalized spacial score (nSPS) is 16.8. The average Bonchev–Trinajstić information content (AvgIpc) is 2.99. The fourth-order valence-electron chi connectivity index (χ4n) is 6.33. The Bertz CT molecular complexity index is 1430. The van der Waals surface area contributed by atoms with Crippen LogP contribution in [0.2, 0.25) is 16.6 Å². The lowest BCUT2D eigenvalue weighted by atomic mass is 10.00. The van der Waals surface area contributed by atoms with E-state index in [9.17, 15) is 4.39 Å². The van der Waals surface area contributed by atoms with Gasteiger partial charge in [0.1, 0.15) is 35.8 Å². The summed E-state index contributed by atoms with van der Waals surface area (Å²) in [5.74, 6) is 2.29. The van der Waals surface area contributed by atoms with Crippen LogP contribution in [0.1, 0.15) is 69.6 Å². The second-order valence-electron chi connectivity index (χ2n) is 12.0. The monoisotopic (exact) mass is 600 g/mol. The zero-order chi connectivity index (χ0) is 29.9. The molecule has 1 heterocycles. The van der Waals surface area contributed by atoms with E-state index in [1.165, 1.54) is 12.1 Å². The predicted octanol–water partition coefficient (Wildman–Crippen LogP) is 10.9. The van der Waals surface area contributed by atoms with Gasteiger partial charge in [-0.25, -0.2) is 4.39 Å². The molecular formula is C36H41FO3SSi. The standard InChI is InChI=1S/C36H41FO3SSi/c1-24(2)42(25(3)4,26(5)6)40-31-18-14-28(15-19-31)35-36(29-12-16-30(37)17-13-29)41-34-22-32(20-21-33(34)39-35)38-23-27-10-8-7-9-11-27/h7-22,24-26,35-36H,23H2,1-6H3/t35-,36+/m1/s1. The summed E-state index contributed by atoms with van der Waals surface area (Å²) in [6.07, 6.45) is -0.250. The maximum Gasteiger partial charge on any atom is 0.258 e. The largest absolute Gasteiger partial charge is 0.543 e. The number of thioether (sulfide) groups is 1. The molecule has 0 fully saturated rings. The maximum absolute atomic E-state index is 13.9. The number of hydrogen-bond donors (Lipinski definition) is 0. The highest BCUT2D eigenvalue weighted by molar-refractivity contribution is 7.99. The zero-order valence-corrected chi connectivity index (χ0v) is 27.2. The summed E-state index contributed by atoms with van der Waals surface area (Å²) in [6.45, 7) is 14.3. The van der Waals surface area contributed by atoms with Gasteiger partial charge in [0, 0.05) is 0 Å². The molecule has 5 rings (SSSR count). The Morgan fingerprint density at radius 2 is 1.33 bits per heavy atom. The molecule has 0 saturated carbocycles. The summed E-state index contributed by atoms with van der Waals surface area (Å²) in [7, 11) is -2.06. The summed E-state index contributed by atoms with van der Waals surface area (Å²) in [5, 5.41) is -0.0651. The molecule has 4 aromatic carbocycles. The third-order valence-corrected chi connectivity index (χ3v) is 15.7. The molecule has 42 heavy (non-hydrogen) atoms. The summed E-state index contributed by atoms with van der Waals surface area (Å²) >= 11 is 1.73. The number of benzene rings is 4. The molecule has 0 N–H and O–H groups in total. The first kappa shape index (κ1) is 30.2. The van der Waals surface area contributed by atoms with Crippen molar-refractivity contribution in [2.75, 3.05) is 0 Å². The summed E-state index contributed by atoms with van der Waals surface area (Å²) in [4.78, 5) is 1.01. The van der Waals surface area contributed by atoms with Crippen molar-refractivity contribution in [3.63, 3.8) is 0 Å². The van der Waals surface area contributed by atoms with Crippen LogP contribution in [-0.4, -0.2) is 8.32 Å². The van der Waals surface area contributed by atoms with Crippen molar-refractivity contribution in [2.45, 2.75) is 81.0 Å². The Hall–Kier alpha value is -3.22. The highest BCUT2D eigenvalue weighted by Crippen LogP contribution is 2.54. The molecule has 0 spiro atoms. The lowest BCUT2D eigenvalue weighted by molar-refractivity contribution is 0.190. The Labute approximate surface area is 255 Å². The Kier molecular flexibility index (Phi) is 9.34. The van der Waals surface area contributed by atoms with Gasteiger partial charge in [-0.05, 0) is 75.8 Å². The third kappa shape index (κ3) is 6.40. The van der Waals surface area contributed by atoms with Crippen molar-refractivity contribution in [3.05, 3.63) is 120 Å². The summed E-state index contributed by atoms with van der Waals surface area (Å²) in [5.41, 5.74) is 4.68. The van der Waals surface area contributed by atoms with E-state index in [1.54, 1.807) is 11.8 Å². The molecule has 1 aliphatic rings. The zero-order valence-electron chi connectivity index (χ0n) is 25.3. The van der Waals surface area contributed by atoms with Crippen LogP contribution in [-0.2, 0) is 6.61 Å². The van der Waals surface area contributed by atoms with Gasteiger partial charge in [-0.2, -0.15) is 0 Å². The van der Waals surface area contributed by atoms with E-state index in [0.29, 0.717) is 23.2 Å². The fraction of sp³-hybridized carbons (Fsp3) is 0.333. The lowest BCUT2D eigenvalue weighted by Crippen LogP contribution is -2.50. The second-order valence-corrected chi connectivity index (χ2v) is 18.6. The molecular weight excluding hydrogens is 560 g/mol. The molecule has 0 aliphatic carbocycles. The van der Waals surface area contributed by atoms with Crippen LogP contribution < -0.4 is 13.9 Å². The number of fused-ring (bicyclic) bond motifs is 1. The molecule has 0 aromatic heterocycles. The Balaban J connectivity index is 1.42. The molecule has 220 valence electrons. The van der Waals surface area contributed by atoms with Gasteiger partial charge in [-0.3, -0.25) is 0 Å². The van der Waals surface area contributed by atoms with Crippen LogP contribution >= 0.6 is 11.8 Å². The summed E-state index contributed by atoms with van der Waals surface area (Å²) < 4.78 is 33.6. The van der Waals surface area contributed by atoms with E-state index >= 15 is 0 Å². The van der Waals surface area contributed by atoms with Gasteiger partial charge in [0.2, 0.25) is 0 Å². The molecule has 0 bridgehead atoms. The lowest BCUT2D eigenvalue weighted by Gasteiger charge is -2.42. The van der Waals surface area contributed by atoms with Gasteiger partial charge in [0.25, 0.3) is 8.32 Å². The minimum atomic E-state index is -2.06. The van der Waals surface area contributed by atoms with Crippen LogP contribution in [0, 0.1) is 5.82 Å². The van der Waals surface area contributed by atoms with Crippen molar-refractivity contribution >= 4 is 20.1 Å². The topological polar surface area (TPSA) is 27.7 Å². The van der Waals surface area contributed by atoms with Crippen molar-refractivity contribution in [1.82, 2.24) is 0 Å². The smallest absolute Gasteiger partial charge is 0.258 e. The average molecular weight is 601 g/mol. The highest BCUT2D eigenvalue weighted by atomic mass is 32.2.